The summed E-state index contributed by atoms with van der Waals surface area (Å²) in [6, 6.07) is 0. The lowest BCUT2D eigenvalue weighted by molar-refractivity contribution is 0.411. The van der Waals surface area contributed by atoms with Crippen LogP contribution in [0.15, 0.2) is 34.5 Å². The van der Waals surface area contributed by atoms with Crippen molar-refractivity contribution in [3.63, 3.8) is 0 Å². The normalized spacial score (nSPS) is 14.5. The Hall–Kier alpha value is -0.500. The van der Waals surface area contributed by atoms with Crippen LogP contribution in [0.1, 0.15) is 13.8 Å². The van der Waals surface area contributed by atoms with Crippen LogP contribution in [-0.4, -0.2) is 5.11 Å². The zero-order valence-electron chi connectivity index (χ0n) is 6.19. The van der Waals surface area contributed by atoms with E-state index in [1.165, 1.54) is 0 Å². The highest BCUT2D eigenvalue weighted by atomic mass is 79.9. The van der Waals surface area contributed by atoms with Crippen molar-refractivity contribution in [2.75, 3.05) is 0 Å². The minimum atomic E-state index is 0.286. The first-order chi connectivity index (χ1) is 4.57. The quantitative estimate of drug-likeness (QED) is 0.539. The molecule has 0 bridgehead atoms. The molecule has 0 aliphatic carbocycles. The SMILES string of the molecule is C=CC(/C=C(\C)Br)=C(/C)O. The first kappa shape index (κ1) is 9.50. The lowest BCUT2D eigenvalue weighted by Gasteiger charge is -1.95. The van der Waals surface area contributed by atoms with Gasteiger partial charge in [-0.3, -0.25) is 0 Å². The van der Waals surface area contributed by atoms with E-state index < -0.39 is 0 Å². The third kappa shape index (κ3) is 3.51. The molecule has 0 aromatic heterocycles. The molecule has 0 atom stereocenters. The second kappa shape index (κ2) is 4.34. The molecule has 1 nitrogen and oxygen atoms in total. The average molecular weight is 203 g/mol. The Morgan fingerprint density at radius 3 is 2.10 bits per heavy atom. The zero-order chi connectivity index (χ0) is 8.15. The third-order valence-corrected chi connectivity index (χ3v) is 1.22. The first-order valence-corrected chi connectivity index (χ1v) is 3.73. The van der Waals surface area contributed by atoms with E-state index in [0.29, 0.717) is 0 Å². The summed E-state index contributed by atoms with van der Waals surface area (Å²) in [6.45, 7) is 7.08. The summed E-state index contributed by atoms with van der Waals surface area (Å²) in [5, 5.41) is 9.00. The van der Waals surface area contributed by atoms with Crippen molar-refractivity contribution in [2.24, 2.45) is 0 Å². The minimum absolute atomic E-state index is 0.286. The monoisotopic (exact) mass is 202 g/mol. The Balaban J connectivity index is 4.56. The van der Waals surface area contributed by atoms with Crippen LogP contribution >= 0.6 is 15.9 Å². The van der Waals surface area contributed by atoms with E-state index in [9.17, 15) is 0 Å². The van der Waals surface area contributed by atoms with Gasteiger partial charge in [0.1, 0.15) is 0 Å². The van der Waals surface area contributed by atoms with E-state index in [0.717, 1.165) is 10.1 Å². The van der Waals surface area contributed by atoms with Gasteiger partial charge >= 0.3 is 0 Å². The number of aliphatic hydroxyl groups excluding tert-OH is 1. The molecule has 0 saturated heterocycles. The summed E-state index contributed by atoms with van der Waals surface area (Å²) < 4.78 is 0.968. The summed E-state index contributed by atoms with van der Waals surface area (Å²) in [7, 11) is 0. The maximum Gasteiger partial charge on any atom is 0.0963 e. The molecule has 56 valence electrons. The molecule has 0 saturated carbocycles. The van der Waals surface area contributed by atoms with Crippen molar-refractivity contribution in [1.29, 1.82) is 0 Å². The van der Waals surface area contributed by atoms with Crippen LogP contribution in [0.5, 0.6) is 0 Å². The number of allylic oxidation sites excluding steroid dienone is 5. The molecule has 0 aromatic rings. The molecule has 0 fully saturated rings. The lowest BCUT2D eigenvalue weighted by Crippen LogP contribution is -1.78. The van der Waals surface area contributed by atoms with Gasteiger partial charge in [-0.1, -0.05) is 28.6 Å². The fraction of sp³-hybridized carbons (Fsp3) is 0.250. The van der Waals surface area contributed by atoms with Gasteiger partial charge in [-0.05, 0) is 24.4 Å². The van der Waals surface area contributed by atoms with E-state index in [1.807, 2.05) is 13.0 Å². The smallest absolute Gasteiger partial charge is 0.0963 e. The Labute approximate surface area is 69.9 Å². The molecular formula is C8H11BrO. The number of aliphatic hydroxyl groups is 1. The molecule has 0 heterocycles. The lowest BCUT2D eigenvalue weighted by atomic mass is 10.2. The fourth-order valence-electron chi connectivity index (χ4n) is 0.525. The van der Waals surface area contributed by atoms with Crippen molar-refractivity contribution in [3.8, 4) is 0 Å². The van der Waals surface area contributed by atoms with Gasteiger partial charge in [0, 0.05) is 5.57 Å². The van der Waals surface area contributed by atoms with Gasteiger partial charge in [-0.25, -0.2) is 0 Å². The van der Waals surface area contributed by atoms with Gasteiger partial charge in [0.2, 0.25) is 0 Å². The summed E-state index contributed by atoms with van der Waals surface area (Å²) in [6.07, 6.45) is 3.42. The van der Waals surface area contributed by atoms with Crippen LogP contribution in [0.3, 0.4) is 0 Å². The molecule has 10 heavy (non-hydrogen) atoms. The van der Waals surface area contributed by atoms with E-state index >= 15 is 0 Å². The van der Waals surface area contributed by atoms with Gasteiger partial charge in [-0.15, -0.1) is 0 Å². The van der Waals surface area contributed by atoms with Crippen molar-refractivity contribution in [3.05, 3.63) is 34.5 Å². The van der Waals surface area contributed by atoms with Crippen molar-refractivity contribution in [1.82, 2.24) is 0 Å². The van der Waals surface area contributed by atoms with Crippen molar-refractivity contribution < 1.29 is 5.11 Å². The maximum absolute atomic E-state index is 9.00. The predicted octanol–water partition coefficient (Wildman–Crippen LogP) is 3.30. The standard InChI is InChI=1S/C8H11BrO/c1-4-8(7(3)10)5-6(2)9/h4-5,10H,1H2,2-3H3/b6-5+,8-7+. The van der Waals surface area contributed by atoms with Crippen LogP contribution in [0.25, 0.3) is 0 Å². The van der Waals surface area contributed by atoms with Gasteiger partial charge < -0.3 is 5.11 Å². The zero-order valence-corrected chi connectivity index (χ0v) is 7.77. The van der Waals surface area contributed by atoms with Gasteiger partial charge in [0.15, 0.2) is 0 Å². The number of halogens is 1. The van der Waals surface area contributed by atoms with E-state index in [1.54, 1.807) is 13.0 Å². The van der Waals surface area contributed by atoms with E-state index in [4.69, 9.17) is 5.11 Å². The van der Waals surface area contributed by atoms with Crippen LogP contribution in [0.2, 0.25) is 0 Å². The Bertz CT molecular complexity index is 181. The Morgan fingerprint density at radius 1 is 1.50 bits per heavy atom. The number of rotatable bonds is 2. The van der Waals surface area contributed by atoms with Gasteiger partial charge in [-0.2, -0.15) is 0 Å². The molecule has 0 aromatic carbocycles. The topological polar surface area (TPSA) is 20.2 Å². The molecule has 1 N–H and O–H groups in total. The predicted molar refractivity (Wildman–Crippen MR) is 48.2 cm³/mol. The van der Waals surface area contributed by atoms with Crippen LogP contribution in [0, 0.1) is 0 Å². The third-order valence-electron chi connectivity index (χ3n) is 0.992. The molecule has 2 heteroatoms. The van der Waals surface area contributed by atoms with Gasteiger partial charge in [0.25, 0.3) is 0 Å². The molecule has 0 amide bonds. The summed E-state index contributed by atoms with van der Waals surface area (Å²) in [4.78, 5) is 0. The molecule has 0 spiro atoms. The highest BCUT2D eigenvalue weighted by Gasteiger charge is 1.91. The first-order valence-electron chi connectivity index (χ1n) is 2.94. The molecular weight excluding hydrogens is 192 g/mol. The fourth-order valence-corrected chi connectivity index (χ4v) is 0.772. The number of hydrogen-bond donors (Lipinski definition) is 1. The second-order valence-corrected chi connectivity index (χ2v) is 3.23. The largest absolute Gasteiger partial charge is 0.512 e. The summed E-state index contributed by atoms with van der Waals surface area (Å²) in [5.41, 5.74) is 0.745. The maximum atomic E-state index is 9.00. The van der Waals surface area contributed by atoms with Crippen LogP contribution < -0.4 is 0 Å². The number of hydrogen-bond acceptors (Lipinski definition) is 1. The molecule has 0 aliphatic rings. The molecule has 0 aliphatic heterocycles. The Morgan fingerprint density at radius 2 is 2.00 bits per heavy atom. The summed E-state index contributed by atoms with van der Waals surface area (Å²) in [5.74, 6) is 0.286. The average Bonchev–Trinajstić information content (AvgIpc) is 1.81. The Kier molecular flexibility index (Phi) is 4.12. The van der Waals surface area contributed by atoms with Gasteiger partial charge in [0.05, 0.1) is 5.76 Å². The molecule has 0 unspecified atom stereocenters. The summed E-state index contributed by atoms with van der Waals surface area (Å²) >= 11 is 3.25. The second-order valence-electron chi connectivity index (χ2n) is 1.98. The molecule has 0 radical (unpaired) electrons. The minimum Gasteiger partial charge on any atom is -0.512 e. The molecule has 0 rings (SSSR count). The van der Waals surface area contributed by atoms with Crippen molar-refractivity contribution in [2.45, 2.75) is 13.8 Å². The highest BCUT2D eigenvalue weighted by molar-refractivity contribution is 9.11. The van der Waals surface area contributed by atoms with E-state index in [-0.39, 0.29) is 5.76 Å². The van der Waals surface area contributed by atoms with Crippen molar-refractivity contribution >= 4 is 15.9 Å². The van der Waals surface area contributed by atoms with Crippen LogP contribution in [-0.2, 0) is 0 Å². The van der Waals surface area contributed by atoms with E-state index in [2.05, 4.69) is 22.5 Å². The van der Waals surface area contributed by atoms with Crippen LogP contribution in [0.4, 0.5) is 0 Å². The highest BCUT2D eigenvalue weighted by Crippen LogP contribution is 2.11.